The Morgan fingerprint density at radius 3 is 2.29 bits per heavy atom. The molecule has 0 aromatic heterocycles. The minimum absolute atomic E-state index is 0.0709. The Bertz CT molecular complexity index is 817. The van der Waals surface area contributed by atoms with Gasteiger partial charge in [0.05, 0.1) is 0 Å². The minimum atomic E-state index is -0.398. The molecule has 0 spiro atoms. The van der Waals surface area contributed by atoms with Crippen LogP contribution in [0.25, 0.3) is 6.08 Å². The second kappa shape index (κ2) is 7.94. The van der Waals surface area contributed by atoms with E-state index in [2.05, 4.69) is 5.32 Å². The molecule has 0 aliphatic carbocycles. The molecule has 120 valence electrons. The number of benzene rings is 2. The van der Waals surface area contributed by atoms with E-state index in [1.165, 1.54) is 6.08 Å². The first-order chi connectivity index (χ1) is 11.5. The Balaban J connectivity index is 2.17. The SMILES string of the molecule is Cc1cc(C)c(NC(=O)C(C#N)=CC=Cc2ccccc2)c(C)c1. The fourth-order valence-corrected chi connectivity index (χ4v) is 2.54. The van der Waals surface area contributed by atoms with Crippen molar-refractivity contribution in [3.63, 3.8) is 0 Å². The van der Waals surface area contributed by atoms with Crippen LogP contribution in [-0.2, 0) is 4.79 Å². The molecule has 24 heavy (non-hydrogen) atoms. The Kier molecular flexibility index (Phi) is 5.70. The molecule has 3 heteroatoms. The second-order valence-corrected chi connectivity index (χ2v) is 5.69. The summed E-state index contributed by atoms with van der Waals surface area (Å²) in [5.41, 5.74) is 4.96. The number of hydrogen-bond acceptors (Lipinski definition) is 2. The van der Waals surface area contributed by atoms with Crippen LogP contribution in [-0.4, -0.2) is 5.91 Å². The monoisotopic (exact) mass is 316 g/mol. The fourth-order valence-electron chi connectivity index (χ4n) is 2.54. The number of aryl methyl sites for hydroxylation is 3. The molecule has 0 fully saturated rings. The summed E-state index contributed by atoms with van der Waals surface area (Å²) in [4.78, 5) is 12.3. The van der Waals surface area contributed by atoms with Gasteiger partial charge in [-0.25, -0.2) is 0 Å². The molecule has 2 aromatic carbocycles. The van der Waals surface area contributed by atoms with Gasteiger partial charge in [-0.15, -0.1) is 0 Å². The average Bonchev–Trinajstić information content (AvgIpc) is 2.55. The molecule has 0 saturated heterocycles. The average molecular weight is 316 g/mol. The van der Waals surface area contributed by atoms with Gasteiger partial charge in [-0.05, 0) is 43.5 Å². The van der Waals surface area contributed by atoms with Gasteiger partial charge >= 0.3 is 0 Å². The van der Waals surface area contributed by atoms with Gasteiger partial charge in [0.2, 0.25) is 0 Å². The van der Waals surface area contributed by atoms with Crippen LogP contribution >= 0.6 is 0 Å². The quantitative estimate of drug-likeness (QED) is 0.504. The Labute approximate surface area is 142 Å². The van der Waals surface area contributed by atoms with Crippen molar-refractivity contribution in [1.82, 2.24) is 0 Å². The zero-order chi connectivity index (χ0) is 17.5. The van der Waals surface area contributed by atoms with E-state index in [4.69, 9.17) is 0 Å². The third-order valence-corrected chi connectivity index (χ3v) is 3.63. The molecule has 0 bridgehead atoms. The summed E-state index contributed by atoms with van der Waals surface area (Å²) >= 11 is 0. The van der Waals surface area contributed by atoms with Crippen LogP contribution in [0, 0.1) is 32.1 Å². The van der Waals surface area contributed by atoms with Crippen LogP contribution in [0.1, 0.15) is 22.3 Å². The zero-order valence-corrected chi connectivity index (χ0v) is 14.1. The Morgan fingerprint density at radius 2 is 1.71 bits per heavy atom. The standard InChI is InChI=1S/C21H20N2O/c1-15-12-16(2)20(17(3)13-15)23-21(24)19(14-22)11-7-10-18-8-5-4-6-9-18/h4-13H,1-3H3,(H,23,24). The molecule has 0 atom stereocenters. The predicted octanol–water partition coefficient (Wildman–Crippen LogP) is 4.71. The topological polar surface area (TPSA) is 52.9 Å². The van der Waals surface area contributed by atoms with Crippen molar-refractivity contribution in [2.45, 2.75) is 20.8 Å². The molecule has 3 nitrogen and oxygen atoms in total. The minimum Gasteiger partial charge on any atom is -0.321 e. The summed E-state index contributed by atoms with van der Waals surface area (Å²) in [5.74, 6) is -0.398. The lowest BCUT2D eigenvalue weighted by atomic mass is 10.0. The zero-order valence-electron chi connectivity index (χ0n) is 14.1. The Hall–Kier alpha value is -3.12. The molecule has 1 N–H and O–H groups in total. The van der Waals surface area contributed by atoms with E-state index in [1.807, 2.05) is 75.4 Å². The second-order valence-electron chi connectivity index (χ2n) is 5.69. The van der Waals surface area contributed by atoms with Gasteiger partial charge in [0.25, 0.3) is 5.91 Å². The van der Waals surface area contributed by atoms with Gasteiger partial charge in [-0.1, -0.05) is 60.2 Å². The van der Waals surface area contributed by atoms with Gasteiger partial charge in [-0.2, -0.15) is 5.26 Å². The summed E-state index contributed by atoms with van der Waals surface area (Å²) in [5, 5.41) is 12.1. The lowest BCUT2D eigenvalue weighted by Gasteiger charge is -2.12. The van der Waals surface area contributed by atoms with Crippen molar-refractivity contribution in [2.24, 2.45) is 0 Å². The van der Waals surface area contributed by atoms with Crippen LogP contribution in [0.3, 0.4) is 0 Å². The molecule has 2 rings (SSSR count). The number of nitrogens with zero attached hydrogens (tertiary/aromatic N) is 1. The first kappa shape index (κ1) is 17.2. The first-order valence-corrected chi connectivity index (χ1v) is 7.74. The number of rotatable bonds is 4. The lowest BCUT2D eigenvalue weighted by Crippen LogP contribution is -2.15. The maximum atomic E-state index is 12.3. The molecule has 0 aliphatic heterocycles. The van der Waals surface area contributed by atoms with Crippen molar-refractivity contribution in [1.29, 1.82) is 5.26 Å². The van der Waals surface area contributed by atoms with Gasteiger partial charge in [0, 0.05) is 5.69 Å². The largest absolute Gasteiger partial charge is 0.321 e. The lowest BCUT2D eigenvalue weighted by molar-refractivity contribution is -0.112. The molecular weight excluding hydrogens is 296 g/mol. The number of carbonyl (C=O) groups excluding carboxylic acids is 1. The normalized spacial score (nSPS) is 11.3. The van der Waals surface area contributed by atoms with Gasteiger partial charge in [0.1, 0.15) is 11.6 Å². The third kappa shape index (κ3) is 4.44. The van der Waals surface area contributed by atoms with Crippen molar-refractivity contribution in [2.75, 3.05) is 5.32 Å². The number of allylic oxidation sites excluding steroid dienone is 2. The molecule has 0 unspecified atom stereocenters. The van der Waals surface area contributed by atoms with E-state index in [0.29, 0.717) is 0 Å². The van der Waals surface area contributed by atoms with Crippen LogP contribution < -0.4 is 5.32 Å². The molecule has 0 radical (unpaired) electrons. The number of hydrogen-bond donors (Lipinski definition) is 1. The fraction of sp³-hybridized carbons (Fsp3) is 0.143. The summed E-state index contributed by atoms with van der Waals surface area (Å²) in [6.45, 7) is 5.90. The number of nitriles is 1. The van der Waals surface area contributed by atoms with Crippen LogP contribution in [0.5, 0.6) is 0 Å². The van der Waals surface area contributed by atoms with Gasteiger partial charge in [0.15, 0.2) is 0 Å². The van der Waals surface area contributed by atoms with Crippen molar-refractivity contribution in [3.8, 4) is 6.07 Å². The van der Waals surface area contributed by atoms with E-state index >= 15 is 0 Å². The molecule has 0 aliphatic rings. The molecule has 0 heterocycles. The van der Waals surface area contributed by atoms with E-state index in [-0.39, 0.29) is 5.57 Å². The number of nitrogens with one attached hydrogen (secondary N) is 1. The van der Waals surface area contributed by atoms with Crippen molar-refractivity contribution in [3.05, 3.63) is 82.4 Å². The van der Waals surface area contributed by atoms with Crippen molar-refractivity contribution >= 4 is 17.7 Å². The molecular formula is C21H20N2O. The highest BCUT2D eigenvalue weighted by molar-refractivity contribution is 6.07. The number of carbonyl (C=O) groups is 1. The van der Waals surface area contributed by atoms with E-state index in [1.54, 1.807) is 6.08 Å². The number of anilines is 1. The van der Waals surface area contributed by atoms with E-state index in [9.17, 15) is 10.1 Å². The highest BCUT2D eigenvalue weighted by Gasteiger charge is 2.11. The summed E-state index contributed by atoms with van der Waals surface area (Å²) in [6.07, 6.45) is 5.09. The molecule has 0 saturated carbocycles. The summed E-state index contributed by atoms with van der Waals surface area (Å²) in [6, 6.07) is 15.7. The first-order valence-electron chi connectivity index (χ1n) is 7.74. The summed E-state index contributed by atoms with van der Waals surface area (Å²) in [7, 11) is 0. The summed E-state index contributed by atoms with van der Waals surface area (Å²) < 4.78 is 0. The van der Waals surface area contributed by atoms with Crippen LogP contribution in [0.4, 0.5) is 5.69 Å². The van der Waals surface area contributed by atoms with Crippen molar-refractivity contribution < 1.29 is 4.79 Å². The highest BCUT2D eigenvalue weighted by Crippen LogP contribution is 2.22. The highest BCUT2D eigenvalue weighted by atomic mass is 16.1. The van der Waals surface area contributed by atoms with E-state index < -0.39 is 5.91 Å². The Morgan fingerprint density at radius 1 is 1.08 bits per heavy atom. The van der Waals surface area contributed by atoms with Crippen LogP contribution in [0.2, 0.25) is 0 Å². The maximum Gasteiger partial charge on any atom is 0.266 e. The van der Waals surface area contributed by atoms with Crippen LogP contribution in [0.15, 0.2) is 60.2 Å². The maximum absolute atomic E-state index is 12.3. The van der Waals surface area contributed by atoms with Gasteiger partial charge in [-0.3, -0.25) is 4.79 Å². The van der Waals surface area contributed by atoms with Gasteiger partial charge < -0.3 is 5.32 Å². The predicted molar refractivity (Wildman–Crippen MR) is 98.5 cm³/mol. The molecule has 2 aromatic rings. The third-order valence-electron chi connectivity index (χ3n) is 3.63. The number of amides is 1. The molecule has 1 amide bonds. The van der Waals surface area contributed by atoms with E-state index in [0.717, 1.165) is 27.9 Å². The smallest absolute Gasteiger partial charge is 0.266 e.